The minimum absolute atomic E-state index is 0.221. The van der Waals surface area contributed by atoms with Gasteiger partial charge in [-0.25, -0.2) is 4.79 Å². The SMILES string of the molecule is CCC(CC)[C@H](O)CNC(=O)NCc1cc(C)on1. The molecule has 0 aromatic carbocycles. The molecule has 0 aliphatic carbocycles. The molecule has 0 aliphatic heterocycles. The summed E-state index contributed by atoms with van der Waals surface area (Å²) in [6.45, 7) is 6.43. The second-order valence-electron chi connectivity index (χ2n) is 4.64. The van der Waals surface area contributed by atoms with Gasteiger partial charge in [0.25, 0.3) is 0 Å². The zero-order valence-corrected chi connectivity index (χ0v) is 11.8. The number of aliphatic hydroxyl groups is 1. The average Bonchev–Trinajstić information content (AvgIpc) is 2.81. The molecule has 1 aromatic rings. The summed E-state index contributed by atoms with van der Waals surface area (Å²) in [5, 5.41) is 19.0. The summed E-state index contributed by atoms with van der Waals surface area (Å²) in [5.74, 6) is 0.930. The second kappa shape index (κ2) is 7.78. The smallest absolute Gasteiger partial charge is 0.315 e. The van der Waals surface area contributed by atoms with Crippen LogP contribution in [-0.2, 0) is 6.54 Å². The minimum atomic E-state index is -0.505. The van der Waals surface area contributed by atoms with Crippen LogP contribution in [0, 0.1) is 12.8 Å². The van der Waals surface area contributed by atoms with E-state index in [9.17, 15) is 9.90 Å². The maximum Gasteiger partial charge on any atom is 0.315 e. The zero-order valence-electron chi connectivity index (χ0n) is 11.8. The highest BCUT2D eigenvalue weighted by molar-refractivity contribution is 5.73. The number of nitrogens with zero attached hydrogens (tertiary/aromatic N) is 1. The van der Waals surface area contributed by atoms with Crippen molar-refractivity contribution in [2.75, 3.05) is 6.54 Å². The van der Waals surface area contributed by atoms with Crippen molar-refractivity contribution in [3.05, 3.63) is 17.5 Å². The Balaban J connectivity index is 2.24. The van der Waals surface area contributed by atoms with E-state index in [4.69, 9.17) is 4.52 Å². The van der Waals surface area contributed by atoms with Gasteiger partial charge in [-0.1, -0.05) is 31.8 Å². The number of aliphatic hydroxyl groups excluding tert-OH is 1. The third kappa shape index (κ3) is 5.30. The molecule has 0 saturated heterocycles. The highest BCUT2D eigenvalue weighted by Gasteiger charge is 2.16. The highest BCUT2D eigenvalue weighted by atomic mass is 16.5. The highest BCUT2D eigenvalue weighted by Crippen LogP contribution is 2.12. The number of carbonyl (C=O) groups is 1. The summed E-state index contributed by atoms with van der Waals surface area (Å²) in [4.78, 5) is 11.5. The predicted molar refractivity (Wildman–Crippen MR) is 71.6 cm³/mol. The number of nitrogens with one attached hydrogen (secondary N) is 2. The topological polar surface area (TPSA) is 87.4 Å². The number of aromatic nitrogens is 1. The van der Waals surface area contributed by atoms with Gasteiger partial charge in [0.1, 0.15) is 11.5 Å². The number of hydrogen-bond donors (Lipinski definition) is 3. The fraction of sp³-hybridized carbons (Fsp3) is 0.692. The predicted octanol–water partition coefficient (Wildman–Crippen LogP) is 1.58. The normalized spacial score (nSPS) is 12.5. The van der Waals surface area contributed by atoms with Crippen LogP contribution >= 0.6 is 0 Å². The Morgan fingerprint density at radius 3 is 2.63 bits per heavy atom. The first kappa shape index (κ1) is 15.5. The van der Waals surface area contributed by atoms with Crippen molar-refractivity contribution in [3.8, 4) is 0 Å². The van der Waals surface area contributed by atoms with E-state index in [1.165, 1.54) is 0 Å². The lowest BCUT2D eigenvalue weighted by Gasteiger charge is -2.20. The largest absolute Gasteiger partial charge is 0.391 e. The Hall–Kier alpha value is -1.56. The van der Waals surface area contributed by atoms with Crippen LogP contribution in [0.5, 0.6) is 0 Å². The number of urea groups is 1. The molecule has 108 valence electrons. The summed E-state index contributed by atoms with van der Waals surface area (Å²) >= 11 is 0. The Morgan fingerprint density at radius 2 is 2.11 bits per heavy atom. The number of amides is 2. The van der Waals surface area contributed by atoms with Gasteiger partial charge in [0, 0.05) is 12.6 Å². The van der Waals surface area contributed by atoms with Crippen LogP contribution in [0.4, 0.5) is 4.79 Å². The molecule has 0 bridgehead atoms. The summed E-state index contributed by atoms with van der Waals surface area (Å²) in [6, 6.07) is 1.45. The van der Waals surface area contributed by atoms with Crippen LogP contribution in [0.2, 0.25) is 0 Å². The zero-order chi connectivity index (χ0) is 14.3. The van der Waals surface area contributed by atoms with E-state index < -0.39 is 6.10 Å². The van der Waals surface area contributed by atoms with Crippen LogP contribution < -0.4 is 10.6 Å². The maximum atomic E-state index is 11.5. The summed E-state index contributed by atoms with van der Waals surface area (Å²) in [6.07, 6.45) is 1.30. The van der Waals surface area contributed by atoms with Crippen LogP contribution in [0.1, 0.15) is 38.1 Å². The van der Waals surface area contributed by atoms with Crippen molar-refractivity contribution >= 4 is 6.03 Å². The lowest BCUT2D eigenvalue weighted by atomic mass is 9.97. The number of rotatable bonds is 7. The molecule has 0 unspecified atom stereocenters. The molecule has 6 heteroatoms. The van der Waals surface area contributed by atoms with E-state index in [0.29, 0.717) is 18.0 Å². The Morgan fingerprint density at radius 1 is 1.42 bits per heavy atom. The molecule has 6 nitrogen and oxygen atoms in total. The summed E-state index contributed by atoms with van der Waals surface area (Å²) in [7, 11) is 0. The molecular formula is C13H23N3O3. The van der Waals surface area contributed by atoms with E-state index in [1.807, 2.05) is 13.8 Å². The van der Waals surface area contributed by atoms with Gasteiger partial charge in [0.2, 0.25) is 0 Å². The molecule has 1 aromatic heterocycles. The number of carbonyl (C=O) groups excluding carboxylic acids is 1. The second-order valence-corrected chi connectivity index (χ2v) is 4.64. The van der Waals surface area contributed by atoms with Gasteiger partial charge >= 0.3 is 6.03 Å². The van der Waals surface area contributed by atoms with Gasteiger partial charge < -0.3 is 20.3 Å². The van der Waals surface area contributed by atoms with Gasteiger partial charge in [0.05, 0.1) is 12.6 Å². The quantitative estimate of drug-likeness (QED) is 0.701. The fourth-order valence-corrected chi connectivity index (χ4v) is 1.93. The Bertz CT molecular complexity index is 388. The third-order valence-corrected chi connectivity index (χ3v) is 3.17. The first-order valence-corrected chi connectivity index (χ1v) is 6.68. The van der Waals surface area contributed by atoms with Gasteiger partial charge in [-0.2, -0.15) is 0 Å². The summed E-state index contributed by atoms with van der Waals surface area (Å²) < 4.78 is 4.89. The number of aryl methyl sites for hydroxylation is 1. The molecule has 0 radical (unpaired) electrons. The van der Waals surface area contributed by atoms with Crippen LogP contribution in [0.15, 0.2) is 10.6 Å². The molecule has 19 heavy (non-hydrogen) atoms. The number of hydrogen-bond acceptors (Lipinski definition) is 4. The molecule has 2 amide bonds. The molecule has 0 fully saturated rings. The van der Waals surface area contributed by atoms with Crippen molar-refractivity contribution in [3.63, 3.8) is 0 Å². The molecule has 0 spiro atoms. The summed E-state index contributed by atoms with van der Waals surface area (Å²) in [5.41, 5.74) is 0.674. The maximum absolute atomic E-state index is 11.5. The molecule has 3 N–H and O–H groups in total. The van der Waals surface area contributed by atoms with Gasteiger partial charge in [0.15, 0.2) is 0 Å². The Labute approximate surface area is 113 Å². The third-order valence-electron chi connectivity index (χ3n) is 3.17. The average molecular weight is 269 g/mol. The van der Waals surface area contributed by atoms with E-state index in [-0.39, 0.29) is 18.5 Å². The van der Waals surface area contributed by atoms with Crippen LogP contribution in [-0.4, -0.2) is 28.9 Å². The van der Waals surface area contributed by atoms with Crippen LogP contribution in [0.25, 0.3) is 0 Å². The standard InChI is InChI=1S/C13H23N3O3/c1-4-10(5-2)12(17)8-15-13(18)14-7-11-6-9(3)19-16-11/h6,10,12,17H,4-5,7-8H2,1-3H3,(H2,14,15,18)/t12-/m1/s1. The van der Waals surface area contributed by atoms with Crippen molar-refractivity contribution in [2.45, 2.75) is 46.3 Å². The van der Waals surface area contributed by atoms with Gasteiger partial charge in [-0.15, -0.1) is 0 Å². The Kier molecular flexibility index (Phi) is 6.35. The van der Waals surface area contributed by atoms with Gasteiger partial charge in [-0.3, -0.25) is 0 Å². The minimum Gasteiger partial charge on any atom is -0.391 e. The van der Waals surface area contributed by atoms with E-state index >= 15 is 0 Å². The molecule has 1 rings (SSSR count). The molecule has 0 saturated carbocycles. The fourth-order valence-electron chi connectivity index (χ4n) is 1.93. The lowest BCUT2D eigenvalue weighted by Crippen LogP contribution is -2.41. The van der Waals surface area contributed by atoms with Gasteiger partial charge in [-0.05, 0) is 12.8 Å². The van der Waals surface area contributed by atoms with Crippen molar-refractivity contribution in [1.29, 1.82) is 0 Å². The molecule has 1 atom stereocenters. The molecule has 1 heterocycles. The van der Waals surface area contributed by atoms with E-state index in [2.05, 4.69) is 15.8 Å². The van der Waals surface area contributed by atoms with Crippen molar-refractivity contribution in [2.24, 2.45) is 5.92 Å². The first-order valence-electron chi connectivity index (χ1n) is 6.68. The lowest BCUT2D eigenvalue weighted by molar-refractivity contribution is 0.103. The molecular weight excluding hydrogens is 246 g/mol. The van der Waals surface area contributed by atoms with Crippen molar-refractivity contribution < 1.29 is 14.4 Å². The van der Waals surface area contributed by atoms with E-state index in [1.54, 1.807) is 13.0 Å². The van der Waals surface area contributed by atoms with E-state index in [0.717, 1.165) is 12.8 Å². The van der Waals surface area contributed by atoms with Crippen LogP contribution in [0.3, 0.4) is 0 Å². The molecule has 0 aliphatic rings. The monoisotopic (exact) mass is 269 g/mol. The van der Waals surface area contributed by atoms with Crippen molar-refractivity contribution in [1.82, 2.24) is 15.8 Å². The first-order chi connectivity index (χ1) is 9.06.